The van der Waals surface area contributed by atoms with Crippen LogP contribution >= 0.6 is 0 Å². The molecule has 22 heavy (non-hydrogen) atoms. The van der Waals surface area contributed by atoms with Gasteiger partial charge < -0.3 is 10.2 Å². The second kappa shape index (κ2) is 5.90. The molecule has 2 aliphatic carbocycles. The molecular weight excluding hydrogens is 279 g/mol. The maximum absolute atomic E-state index is 14.0. The Morgan fingerprint density at radius 1 is 1.32 bits per heavy atom. The van der Waals surface area contributed by atoms with Crippen LogP contribution in [0.1, 0.15) is 43.0 Å². The van der Waals surface area contributed by atoms with Crippen molar-refractivity contribution in [2.75, 3.05) is 19.0 Å². The Morgan fingerprint density at radius 2 is 2.09 bits per heavy atom. The summed E-state index contributed by atoms with van der Waals surface area (Å²) < 4.78 is 14.0. The molecule has 0 aliphatic heterocycles. The Morgan fingerprint density at radius 3 is 2.64 bits per heavy atom. The van der Waals surface area contributed by atoms with Crippen LogP contribution in [0.2, 0.25) is 0 Å². The van der Waals surface area contributed by atoms with Crippen molar-refractivity contribution >= 4 is 11.6 Å². The van der Waals surface area contributed by atoms with E-state index in [9.17, 15) is 9.18 Å². The number of rotatable bonds is 4. The average Bonchev–Trinajstić information content (AvgIpc) is 3.09. The number of anilines is 1. The molecule has 4 heteroatoms. The van der Waals surface area contributed by atoms with Crippen molar-refractivity contribution < 1.29 is 9.18 Å². The van der Waals surface area contributed by atoms with Crippen molar-refractivity contribution in [3.05, 3.63) is 29.6 Å². The molecule has 1 aromatic carbocycles. The molecule has 0 heterocycles. The third-order valence-corrected chi connectivity index (χ3v) is 5.49. The molecule has 0 unspecified atom stereocenters. The van der Waals surface area contributed by atoms with Crippen molar-refractivity contribution in [1.29, 1.82) is 0 Å². The minimum absolute atomic E-state index is 0.166. The van der Waals surface area contributed by atoms with Gasteiger partial charge in [-0.15, -0.1) is 0 Å². The first-order valence-electron chi connectivity index (χ1n) is 8.23. The second-order valence-corrected chi connectivity index (χ2v) is 7.16. The highest BCUT2D eigenvalue weighted by molar-refractivity contribution is 5.94. The second-order valence-electron chi connectivity index (χ2n) is 7.16. The van der Waals surface area contributed by atoms with Crippen molar-refractivity contribution in [1.82, 2.24) is 5.32 Å². The number of carbonyl (C=O) groups is 1. The van der Waals surface area contributed by atoms with E-state index in [-0.39, 0.29) is 17.8 Å². The SMILES string of the molecule is C[C@@H](NC(=O)c1ccc(N(C)C)c(F)c1)[C@@H]1C[C@H]2CC[C@H]1C2. The lowest BCUT2D eigenvalue weighted by Crippen LogP contribution is -2.40. The number of halogens is 1. The van der Waals surface area contributed by atoms with Crippen LogP contribution in [0.25, 0.3) is 0 Å². The number of carbonyl (C=O) groups excluding carboxylic acids is 1. The van der Waals surface area contributed by atoms with Crippen molar-refractivity contribution in [3.8, 4) is 0 Å². The van der Waals surface area contributed by atoms with Gasteiger partial charge in [0.2, 0.25) is 0 Å². The van der Waals surface area contributed by atoms with Crippen molar-refractivity contribution in [2.45, 2.75) is 38.6 Å². The maximum Gasteiger partial charge on any atom is 0.251 e. The normalized spacial score (nSPS) is 27.7. The van der Waals surface area contributed by atoms with Crippen LogP contribution < -0.4 is 10.2 Å². The maximum atomic E-state index is 14.0. The predicted molar refractivity (Wildman–Crippen MR) is 86.6 cm³/mol. The molecular formula is C18H25FN2O. The van der Waals surface area contributed by atoms with Crippen LogP contribution in [-0.2, 0) is 0 Å². The van der Waals surface area contributed by atoms with E-state index in [4.69, 9.17) is 0 Å². The molecule has 2 bridgehead atoms. The van der Waals surface area contributed by atoms with E-state index < -0.39 is 0 Å². The van der Waals surface area contributed by atoms with Crippen LogP contribution in [-0.4, -0.2) is 26.0 Å². The summed E-state index contributed by atoms with van der Waals surface area (Å²) >= 11 is 0. The van der Waals surface area contributed by atoms with Crippen LogP contribution in [0.15, 0.2) is 18.2 Å². The Hall–Kier alpha value is -1.58. The van der Waals surface area contributed by atoms with Gasteiger partial charge in [0.05, 0.1) is 5.69 Å². The first-order valence-corrected chi connectivity index (χ1v) is 8.23. The Balaban J connectivity index is 1.65. The van der Waals surface area contributed by atoms with Crippen LogP contribution in [0.5, 0.6) is 0 Å². The quantitative estimate of drug-likeness (QED) is 0.924. The summed E-state index contributed by atoms with van der Waals surface area (Å²) in [5.41, 5.74) is 0.899. The number of fused-ring (bicyclic) bond motifs is 2. The first-order chi connectivity index (χ1) is 10.5. The summed E-state index contributed by atoms with van der Waals surface area (Å²) in [6.07, 6.45) is 5.23. The van der Waals surface area contributed by atoms with Gasteiger partial charge in [-0.05, 0) is 62.1 Å². The summed E-state index contributed by atoms with van der Waals surface area (Å²) in [4.78, 5) is 14.1. The Kier molecular flexibility index (Phi) is 4.11. The highest BCUT2D eigenvalue weighted by Crippen LogP contribution is 2.49. The summed E-state index contributed by atoms with van der Waals surface area (Å²) in [5, 5.41) is 3.08. The standard InChI is InChI=1S/C18H25FN2O/c1-11(15-9-12-4-5-13(15)8-12)20-18(22)14-6-7-17(21(2)3)16(19)10-14/h6-7,10-13,15H,4-5,8-9H2,1-3H3,(H,20,22)/t11-,12+,13+,15+/m1/s1. The Bertz CT molecular complexity index is 572. The molecule has 1 N–H and O–H groups in total. The van der Waals surface area contributed by atoms with Crippen LogP contribution in [0.4, 0.5) is 10.1 Å². The summed E-state index contributed by atoms with van der Waals surface area (Å²) in [5.74, 6) is 1.71. The summed E-state index contributed by atoms with van der Waals surface area (Å²) in [7, 11) is 3.57. The van der Waals surface area contributed by atoms with Gasteiger partial charge in [-0.25, -0.2) is 4.39 Å². The number of hydrogen-bond donors (Lipinski definition) is 1. The van der Waals surface area contributed by atoms with Crippen LogP contribution in [0, 0.1) is 23.6 Å². The molecule has 0 spiro atoms. The van der Waals surface area contributed by atoms with E-state index in [1.54, 1.807) is 31.1 Å². The molecule has 2 fully saturated rings. The topological polar surface area (TPSA) is 32.3 Å². The molecule has 1 amide bonds. The fourth-order valence-electron chi connectivity index (χ4n) is 4.31. The van der Waals surface area contributed by atoms with E-state index in [0.717, 1.165) is 11.8 Å². The van der Waals surface area contributed by atoms with Crippen LogP contribution in [0.3, 0.4) is 0 Å². The summed E-state index contributed by atoms with van der Waals surface area (Å²) in [6, 6.07) is 4.85. The smallest absolute Gasteiger partial charge is 0.251 e. The van der Waals surface area contributed by atoms with Crippen molar-refractivity contribution in [2.24, 2.45) is 17.8 Å². The van der Waals surface area contributed by atoms with Gasteiger partial charge in [0.25, 0.3) is 5.91 Å². The third kappa shape index (κ3) is 2.83. The molecule has 0 radical (unpaired) electrons. The molecule has 4 atom stereocenters. The van der Waals surface area contributed by atoms with Gasteiger partial charge in [0, 0.05) is 25.7 Å². The predicted octanol–water partition coefficient (Wildman–Crippen LogP) is 3.45. The minimum atomic E-state index is -0.356. The molecule has 2 saturated carbocycles. The largest absolute Gasteiger partial charge is 0.375 e. The summed E-state index contributed by atoms with van der Waals surface area (Å²) in [6.45, 7) is 2.09. The first kappa shape index (κ1) is 15.3. The number of benzene rings is 1. The van der Waals surface area contributed by atoms with Gasteiger partial charge in [0.15, 0.2) is 0 Å². The van der Waals surface area contributed by atoms with Crippen molar-refractivity contribution in [3.63, 3.8) is 0 Å². The lowest BCUT2D eigenvalue weighted by atomic mass is 9.84. The van der Waals surface area contributed by atoms with Gasteiger partial charge in [-0.2, -0.15) is 0 Å². The molecule has 0 saturated heterocycles. The highest BCUT2D eigenvalue weighted by atomic mass is 19.1. The third-order valence-electron chi connectivity index (χ3n) is 5.49. The van der Waals surface area contributed by atoms with E-state index in [1.807, 2.05) is 0 Å². The number of hydrogen-bond acceptors (Lipinski definition) is 2. The Labute approximate surface area is 131 Å². The number of nitrogens with one attached hydrogen (secondary N) is 1. The van der Waals surface area contributed by atoms with Gasteiger partial charge in [-0.1, -0.05) is 6.42 Å². The lowest BCUT2D eigenvalue weighted by molar-refractivity contribution is 0.0915. The zero-order valence-electron chi connectivity index (χ0n) is 13.6. The fraction of sp³-hybridized carbons (Fsp3) is 0.611. The van der Waals surface area contributed by atoms with Gasteiger partial charge in [0.1, 0.15) is 5.82 Å². The van der Waals surface area contributed by atoms with Gasteiger partial charge >= 0.3 is 0 Å². The molecule has 3 rings (SSSR count). The lowest BCUT2D eigenvalue weighted by Gasteiger charge is -2.28. The molecule has 1 aromatic rings. The van der Waals surface area contributed by atoms with E-state index in [2.05, 4.69) is 12.2 Å². The molecule has 120 valence electrons. The number of nitrogens with zero attached hydrogens (tertiary/aromatic N) is 1. The molecule has 3 nitrogen and oxygen atoms in total. The number of amides is 1. The molecule has 0 aromatic heterocycles. The van der Waals surface area contributed by atoms with E-state index >= 15 is 0 Å². The van der Waals surface area contributed by atoms with Gasteiger partial charge in [-0.3, -0.25) is 4.79 Å². The fourth-order valence-corrected chi connectivity index (χ4v) is 4.31. The monoisotopic (exact) mass is 304 g/mol. The zero-order chi connectivity index (χ0) is 15.9. The average molecular weight is 304 g/mol. The van der Waals surface area contributed by atoms with E-state index in [1.165, 1.54) is 31.7 Å². The highest BCUT2D eigenvalue weighted by Gasteiger charge is 2.42. The zero-order valence-corrected chi connectivity index (χ0v) is 13.6. The molecule has 2 aliphatic rings. The van der Waals surface area contributed by atoms with E-state index in [0.29, 0.717) is 17.2 Å². The minimum Gasteiger partial charge on any atom is -0.375 e.